The second kappa shape index (κ2) is 12.4. The first kappa shape index (κ1) is 23.9. The summed E-state index contributed by atoms with van der Waals surface area (Å²) in [6, 6.07) is 8.74. The summed E-state index contributed by atoms with van der Waals surface area (Å²) in [4.78, 5) is 21.1. The van der Waals surface area contributed by atoms with Crippen LogP contribution in [0, 0.1) is 0 Å². The largest absolute Gasteiger partial charge is 0.357 e. The zero-order chi connectivity index (χ0) is 19.8. The number of piperidine rings is 1. The predicted molar refractivity (Wildman–Crippen MR) is 131 cm³/mol. The Kier molecular flexibility index (Phi) is 10.2. The van der Waals surface area contributed by atoms with Gasteiger partial charge in [-0.3, -0.25) is 4.79 Å². The third-order valence-corrected chi connectivity index (χ3v) is 5.55. The van der Waals surface area contributed by atoms with Gasteiger partial charge in [-0.15, -0.1) is 24.0 Å². The van der Waals surface area contributed by atoms with Gasteiger partial charge in [-0.25, -0.2) is 4.99 Å². The van der Waals surface area contributed by atoms with E-state index in [1.807, 2.05) is 17.0 Å². The second-order valence-electron chi connectivity index (χ2n) is 7.77. The van der Waals surface area contributed by atoms with Crippen LogP contribution in [0.2, 0.25) is 0 Å². The van der Waals surface area contributed by atoms with Crippen molar-refractivity contribution in [2.24, 2.45) is 4.99 Å². The maximum atomic E-state index is 11.9. The number of anilines is 1. The molecule has 0 bridgehead atoms. The number of likely N-dealkylation sites (tertiary alicyclic amines) is 1. The zero-order valence-corrected chi connectivity index (χ0v) is 20.2. The first-order chi connectivity index (χ1) is 13.7. The fourth-order valence-corrected chi connectivity index (χ4v) is 4.00. The minimum atomic E-state index is 0. The van der Waals surface area contributed by atoms with Gasteiger partial charge in [-0.1, -0.05) is 19.1 Å². The number of aliphatic imine (C=N–C) groups is 1. The number of amides is 1. The molecule has 0 unspecified atom stereocenters. The molecule has 1 aromatic carbocycles. The number of halogens is 1. The lowest BCUT2D eigenvalue weighted by molar-refractivity contribution is -0.117. The van der Waals surface area contributed by atoms with E-state index in [4.69, 9.17) is 4.99 Å². The van der Waals surface area contributed by atoms with Gasteiger partial charge in [0.15, 0.2) is 5.96 Å². The summed E-state index contributed by atoms with van der Waals surface area (Å²) in [5.74, 6) is 1.13. The van der Waals surface area contributed by atoms with Crippen LogP contribution in [0.1, 0.15) is 51.5 Å². The molecule has 2 fully saturated rings. The Labute approximate surface area is 192 Å². The number of hydrogen-bond acceptors (Lipinski definition) is 3. The highest BCUT2D eigenvalue weighted by Crippen LogP contribution is 2.21. The highest BCUT2D eigenvalue weighted by Gasteiger charge is 2.21. The van der Waals surface area contributed by atoms with E-state index in [-0.39, 0.29) is 29.9 Å². The molecule has 0 aromatic heterocycles. The molecule has 29 heavy (non-hydrogen) atoms. The summed E-state index contributed by atoms with van der Waals surface area (Å²) in [5.41, 5.74) is 2.16. The molecule has 2 saturated heterocycles. The number of guanidine groups is 1. The van der Waals surface area contributed by atoms with Crippen LogP contribution in [-0.4, -0.2) is 55.5 Å². The smallest absolute Gasteiger partial charge is 0.227 e. The number of carbonyl (C=O) groups is 1. The maximum Gasteiger partial charge on any atom is 0.227 e. The van der Waals surface area contributed by atoms with Crippen LogP contribution in [0.5, 0.6) is 0 Å². The molecule has 0 spiro atoms. The Morgan fingerprint density at radius 2 is 1.86 bits per heavy atom. The highest BCUT2D eigenvalue weighted by atomic mass is 127. The first-order valence-electron chi connectivity index (χ1n) is 10.9. The lowest BCUT2D eigenvalue weighted by Crippen LogP contribution is -2.48. The van der Waals surface area contributed by atoms with Gasteiger partial charge < -0.3 is 20.4 Å². The molecule has 1 amide bonds. The number of nitrogens with one attached hydrogen (secondary N) is 2. The van der Waals surface area contributed by atoms with Crippen molar-refractivity contribution in [3.8, 4) is 0 Å². The van der Waals surface area contributed by atoms with Crippen LogP contribution in [-0.2, 0) is 11.3 Å². The minimum Gasteiger partial charge on any atom is -0.357 e. The molecule has 2 aliphatic rings. The topological polar surface area (TPSA) is 60.0 Å². The lowest BCUT2D eigenvalue weighted by Gasteiger charge is -2.32. The molecule has 0 radical (unpaired) electrons. The Bertz CT molecular complexity index is 656. The summed E-state index contributed by atoms with van der Waals surface area (Å²) in [7, 11) is 0. The van der Waals surface area contributed by atoms with E-state index in [0.717, 1.165) is 36.7 Å². The summed E-state index contributed by atoms with van der Waals surface area (Å²) in [5, 5.41) is 6.98. The van der Waals surface area contributed by atoms with Crippen molar-refractivity contribution in [3.05, 3.63) is 29.8 Å². The zero-order valence-electron chi connectivity index (χ0n) is 17.8. The van der Waals surface area contributed by atoms with E-state index in [1.165, 1.54) is 38.9 Å². The Hall–Kier alpha value is -1.35. The van der Waals surface area contributed by atoms with E-state index in [1.54, 1.807) is 0 Å². The Balaban J connectivity index is 0.00000300. The van der Waals surface area contributed by atoms with Crippen LogP contribution >= 0.6 is 24.0 Å². The second-order valence-corrected chi connectivity index (χ2v) is 7.77. The standard InChI is InChI=1S/C22H35N5O.HI/c1-3-13-26-15-11-19(12-16-26)25-22(23-4-2)24-17-18-7-9-20(10-8-18)27-14-5-6-21(27)28;/h7-10,19H,3-6,11-17H2,1-2H3,(H2,23,24,25);1H. The number of hydrogen-bond donors (Lipinski definition) is 2. The highest BCUT2D eigenvalue weighted by molar-refractivity contribution is 14.0. The number of benzene rings is 1. The van der Waals surface area contributed by atoms with Gasteiger partial charge in [0.1, 0.15) is 0 Å². The van der Waals surface area contributed by atoms with E-state index in [2.05, 4.69) is 41.5 Å². The van der Waals surface area contributed by atoms with Crippen LogP contribution in [0.3, 0.4) is 0 Å². The van der Waals surface area contributed by atoms with Crippen LogP contribution in [0.15, 0.2) is 29.3 Å². The number of carbonyl (C=O) groups excluding carboxylic acids is 1. The summed E-state index contributed by atoms with van der Waals surface area (Å²) in [6.07, 6.45) is 5.19. The van der Waals surface area contributed by atoms with Gasteiger partial charge in [-0.05, 0) is 56.8 Å². The number of rotatable bonds is 7. The average Bonchev–Trinajstić information content (AvgIpc) is 3.14. The third-order valence-electron chi connectivity index (χ3n) is 5.55. The molecule has 7 heteroatoms. The fraction of sp³-hybridized carbons (Fsp3) is 0.636. The van der Waals surface area contributed by atoms with Gasteiger partial charge in [-0.2, -0.15) is 0 Å². The number of nitrogens with zero attached hydrogens (tertiary/aromatic N) is 3. The van der Waals surface area contributed by atoms with Crippen molar-refractivity contribution >= 4 is 41.5 Å². The molecule has 1 aromatic rings. The molecule has 0 aliphatic carbocycles. The summed E-state index contributed by atoms with van der Waals surface area (Å²) < 4.78 is 0. The van der Waals surface area contributed by atoms with Crippen LogP contribution < -0.4 is 15.5 Å². The quantitative estimate of drug-likeness (QED) is 0.334. The van der Waals surface area contributed by atoms with Crippen molar-refractivity contribution in [1.82, 2.24) is 15.5 Å². The normalized spacial score (nSPS) is 18.6. The van der Waals surface area contributed by atoms with E-state index in [9.17, 15) is 4.79 Å². The minimum absolute atomic E-state index is 0. The van der Waals surface area contributed by atoms with Crippen LogP contribution in [0.25, 0.3) is 0 Å². The van der Waals surface area contributed by atoms with Crippen LogP contribution in [0.4, 0.5) is 5.69 Å². The monoisotopic (exact) mass is 513 g/mol. The molecule has 2 N–H and O–H groups in total. The van der Waals surface area contributed by atoms with Crippen molar-refractivity contribution in [2.45, 2.75) is 58.5 Å². The maximum absolute atomic E-state index is 11.9. The third kappa shape index (κ3) is 7.13. The summed E-state index contributed by atoms with van der Waals surface area (Å²) >= 11 is 0. The van der Waals surface area contributed by atoms with Crippen molar-refractivity contribution in [1.29, 1.82) is 0 Å². The Morgan fingerprint density at radius 3 is 2.45 bits per heavy atom. The molecular formula is C22H36IN5O. The fourth-order valence-electron chi connectivity index (χ4n) is 4.00. The molecular weight excluding hydrogens is 477 g/mol. The molecule has 2 heterocycles. The molecule has 0 atom stereocenters. The molecule has 162 valence electrons. The van der Waals surface area contributed by atoms with Gasteiger partial charge in [0.05, 0.1) is 6.54 Å². The van der Waals surface area contributed by atoms with Gasteiger partial charge in [0.25, 0.3) is 0 Å². The predicted octanol–water partition coefficient (Wildman–Crippen LogP) is 3.36. The molecule has 2 aliphatic heterocycles. The summed E-state index contributed by atoms with van der Waals surface area (Å²) in [6.45, 7) is 10.2. The SMILES string of the molecule is CCCN1CCC(NC(=NCc2ccc(N3CCCC3=O)cc2)NCC)CC1.I. The van der Waals surface area contributed by atoms with E-state index in [0.29, 0.717) is 19.0 Å². The van der Waals surface area contributed by atoms with E-state index >= 15 is 0 Å². The van der Waals surface area contributed by atoms with Crippen molar-refractivity contribution in [3.63, 3.8) is 0 Å². The van der Waals surface area contributed by atoms with Gasteiger partial charge >= 0.3 is 0 Å². The lowest BCUT2D eigenvalue weighted by atomic mass is 10.1. The molecule has 0 saturated carbocycles. The Morgan fingerprint density at radius 1 is 1.14 bits per heavy atom. The van der Waals surface area contributed by atoms with E-state index < -0.39 is 0 Å². The van der Waals surface area contributed by atoms with Gasteiger partial charge in [0.2, 0.25) is 5.91 Å². The average molecular weight is 513 g/mol. The van der Waals surface area contributed by atoms with Crippen molar-refractivity contribution in [2.75, 3.05) is 37.6 Å². The first-order valence-corrected chi connectivity index (χ1v) is 10.9. The van der Waals surface area contributed by atoms with Crippen molar-refractivity contribution < 1.29 is 4.79 Å². The van der Waals surface area contributed by atoms with Gasteiger partial charge in [0, 0.05) is 44.3 Å². The molecule has 3 rings (SSSR count). The molecule has 6 nitrogen and oxygen atoms in total.